The molecule has 4 rings (SSSR count). The molecular formula is C19H17ClN2O3. The summed E-state index contributed by atoms with van der Waals surface area (Å²) in [7, 11) is 0. The minimum absolute atomic E-state index is 0.235. The molecule has 128 valence electrons. The van der Waals surface area contributed by atoms with Gasteiger partial charge in [-0.25, -0.2) is 0 Å². The number of fused-ring (bicyclic) bond motifs is 1. The van der Waals surface area contributed by atoms with Crippen LogP contribution >= 0.6 is 11.6 Å². The van der Waals surface area contributed by atoms with E-state index in [-0.39, 0.29) is 6.79 Å². The summed E-state index contributed by atoms with van der Waals surface area (Å²) < 4.78 is 16.3. The van der Waals surface area contributed by atoms with Gasteiger partial charge in [0.05, 0.1) is 18.5 Å². The number of benzene rings is 1. The van der Waals surface area contributed by atoms with Gasteiger partial charge in [0.1, 0.15) is 5.76 Å². The first kappa shape index (κ1) is 16.0. The van der Waals surface area contributed by atoms with Crippen LogP contribution in [-0.4, -0.2) is 16.7 Å². The number of pyridine rings is 1. The van der Waals surface area contributed by atoms with E-state index < -0.39 is 0 Å². The Hall–Kier alpha value is -2.50. The van der Waals surface area contributed by atoms with Crippen LogP contribution in [0.15, 0.2) is 59.3 Å². The maximum absolute atomic E-state index is 6.44. The summed E-state index contributed by atoms with van der Waals surface area (Å²) in [4.78, 5) is 6.65. The molecule has 0 atom stereocenters. The molecule has 1 aliphatic rings. The van der Waals surface area contributed by atoms with Gasteiger partial charge < -0.3 is 13.9 Å². The van der Waals surface area contributed by atoms with Gasteiger partial charge in [-0.1, -0.05) is 17.7 Å². The molecule has 1 aromatic carbocycles. The molecule has 6 heteroatoms. The Balaban J connectivity index is 1.57. The van der Waals surface area contributed by atoms with Gasteiger partial charge in [-0.2, -0.15) is 0 Å². The summed E-state index contributed by atoms with van der Waals surface area (Å²) >= 11 is 6.44. The van der Waals surface area contributed by atoms with E-state index in [1.807, 2.05) is 42.5 Å². The van der Waals surface area contributed by atoms with Crippen molar-refractivity contribution in [3.05, 3.63) is 77.0 Å². The quantitative estimate of drug-likeness (QED) is 0.660. The molecule has 3 heterocycles. The largest absolute Gasteiger partial charge is 0.468 e. The van der Waals surface area contributed by atoms with E-state index in [4.69, 9.17) is 25.5 Å². The van der Waals surface area contributed by atoms with Crippen molar-refractivity contribution in [2.24, 2.45) is 0 Å². The zero-order chi connectivity index (χ0) is 17.1. The number of nitrogens with zero attached hydrogens (tertiary/aromatic N) is 2. The normalized spacial score (nSPS) is 12.7. The van der Waals surface area contributed by atoms with Crippen LogP contribution in [-0.2, 0) is 19.6 Å². The van der Waals surface area contributed by atoms with Crippen molar-refractivity contribution in [3.8, 4) is 11.5 Å². The summed E-state index contributed by atoms with van der Waals surface area (Å²) in [6.07, 6.45) is 3.48. The summed E-state index contributed by atoms with van der Waals surface area (Å²) in [6.45, 7) is 2.23. The second-order valence-electron chi connectivity index (χ2n) is 5.84. The highest BCUT2D eigenvalue weighted by Crippen LogP contribution is 2.37. The maximum Gasteiger partial charge on any atom is 0.231 e. The van der Waals surface area contributed by atoms with E-state index in [9.17, 15) is 0 Å². The van der Waals surface area contributed by atoms with Crippen molar-refractivity contribution in [2.45, 2.75) is 19.6 Å². The summed E-state index contributed by atoms with van der Waals surface area (Å²) in [6, 6.07) is 13.5. The fourth-order valence-electron chi connectivity index (χ4n) is 2.83. The van der Waals surface area contributed by atoms with Crippen molar-refractivity contribution in [1.82, 2.24) is 9.88 Å². The molecule has 0 fully saturated rings. The molecular weight excluding hydrogens is 340 g/mol. The van der Waals surface area contributed by atoms with Crippen LogP contribution in [0.5, 0.6) is 11.5 Å². The van der Waals surface area contributed by atoms with E-state index in [1.165, 1.54) is 0 Å². The minimum atomic E-state index is 0.235. The average molecular weight is 357 g/mol. The third kappa shape index (κ3) is 3.78. The van der Waals surface area contributed by atoms with Gasteiger partial charge in [0.25, 0.3) is 0 Å². The van der Waals surface area contributed by atoms with Gasteiger partial charge in [0.15, 0.2) is 11.5 Å². The maximum atomic E-state index is 6.44. The summed E-state index contributed by atoms with van der Waals surface area (Å²) in [5, 5.41) is 0.662. The summed E-state index contributed by atoms with van der Waals surface area (Å²) in [5.74, 6) is 2.32. The topological polar surface area (TPSA) is 47.7 Å². The van der Waals surface area contributed by atoms with Gasteiger partial charge in [-0.15, -0.1) is 0 Å². The second-order valence-corrected chi connectivity index (χ2v) is 6.25. The lowest BCUT2D eigenvalue weighted by molar-refractivity contribution is 0.174. The number of hydrogen-bond acceptors (Lipinski definition) is 5. The zero-order valence-corrected chi connectivity index (χ0v) is 14.3. The Morgan fingerprint density at radius 3 is 2.64 bits per heavy atom. The Kier molecular flexibility index (Phi) is 4.59. The predicted octanol–water partition coefficient (Wildman–Crippen LogP) is 4.26. The SMILES string of the molecule is Clc1cc2c(cc1CN(Cc1ccccn1)Cc1ccco1)OCO2. The number of aromatic nitrogens is 1. The lowest BCUT2D eigenvalue weighted by atomic mass is 10.1. The number of ether oxygens (including phenoxy) is 2. The van der Waals surface area contributed by atoms with Gasteiger partial charge in [-0.3, -0.25) is 9.88 Å². The van der Waals surface area contributed by atoms with Gasteiger partial charge in [0, 0.05) is 30.4 Å². The Labute approximate surface area is 150 Å². The Morgan fingerprint density at radius 1 is 1.00 bits per heavy atom. The van der Waals surface area contributed by atoms with Gasteiger partial charge in [0.2, 0.25) is 6.79 Å². The van der Waals surface area contributed by atoms with Crippen LogP contribution in [0.1, 0.15) is 17.0 Å². The number of furan rings is 1. The van der Waals surface area contributed by atoms with E-state index >= 15 is 0 Å². The molecule has 0 aliphatic carbocycles. The monoisotopic (exact) mass is 356 g/mol. The third-order valence-electron chi connectivity index (χ3n) is 4.01. The van der Waals surface area contributed by atoms with E-state index in [2.05, 4.69) is 9.88 Å². The summed E-state index contributed by atoms with van der Waals surface area (Å²) in [5.41, 5.74) is 1.97. The highest BCUT2D eigenvalue weighted by atomic mass is 35.5. The van der Waals surface area contributed by atoms with Crippen LogP contribution in [0.3, 0.4) is 0 Å². The van der Waals surface area contributed by atoms with E-state index in [1.54, 1.807) is 12.5 Å². The van der Waals surface area contributed by atoms with Crippen LogP contribution in [0.4, 0.5) is 0 Å². The van der Waals surface area contributed by atoms with Crippen molar-refractivity contribution >= 4 is 11.6 Å². The number of hydrogen-bond donors (Lipinski definition) is 0. The van der Waals surface area contributed by atoms with Gasteiger partial charge in [-0.05, 0) is 35.9 Å². The van der Waals surface area contributed by atoms with Crippen LogP contribution in [0, 0.1) is 0 Å². The van der Waals surface area contributed by atoms with Crippen molar-refractivity contribution in [1.29, 1.82) is 0 Å². The third-order valence-corrected chi connectivity index (χ3v) is 4.36. The molecule has 25 heavy (non-hydrogen) atoms. The molecule has 1 aliphatic heterocycles. The molecule has 0 unspecified atom stereocenters. The highest BCUT2D eigenvalue weighted by Gasteiger charge is 2.19. The molecule has 0 saturated carbocycles. The molecule has 0 saturated heterocycles. The second kappa shape index (κ2) is 7.17. The molecule has 2 aromatic heterocycles. The number of rotatable bonds is 6. The average Bonchev–Trinajstić information content (AvgIpc) is 3.27. The van der Waals surface area contributed by atoms with Crippen molar-refractivity contribution in [3.63, 3.8) is 0 Å². The standard InChI is InChI=1S/C19H17ClN2O3/c20-17-9-19-18(24-13-25-19)8-14(17)10-22(12-16-5-3-7-23-16)11-15-4-1-2-6-21-15/h1-9H,10-13H2. The first-order valence-electron chi connectivity index (χ1n) is 8.00. The van der Waals surface area contributed by atoms with Crippen LogP contribution in [0.25, 0.3) is 0 Å². The van der Waals surface area contributed by atoms with Gasteiger partial charge >= 0.3 is 0 Å². The molecule has 0 bridgehead atoms. The predicted molar refractivity (Wildman–Crippen MR) is 93.5 cm³/mol. The van der Waals surface area contributed by atoms with E-state index in [0.717, 1.165) is 22.8 Å². The van der Waals surface area contributed by atoms with Crippen molar-refractivity contribution in [2.75, 3.05) is 6.79 Å². The smallest absolute Gasteiger partial charge is 0.231 e. The first-order chi connectivity index (χ1) is 12.3. The molecule has 0 spiro atoms. The molecule has 5 nitrogen and oxygen atoms in total. The Bertz CT molecular complexity index is 837. The lowest BCUT2D eigenvalue weighted by Crippen LogP contribution is -2.23. The fraction of sp³-hybridized carbons (Fsp3) is 0.211. The molecule has 0 amide bonds. The lowest BCUT2D eigenvalue weighted by Gasteiger charge is -2.21. The van der Waals surface area contributed by atoms with E-state index in [0.29, 0.717) is 30.4 Å². The minimum Gasteiger partial charge on any atom is -0.468 e. The molecule has 0 N–H and O–H groups in total. The first-order valence-corrected chi connectivity index (χ1v) is 8.38. The fourth-order valence-corrected chi connectivity index (χ4v) is 3.05. The Morgan fingerprint density at radius 2 is 1.88 bits per heavy atom. The number of halogens is 1. The highest BCUT2D eigenvalue weighted by molar-refractivity contribution is 6.31. The van der Waals surface area contributed by atoms with Crippen molar-refractivity contribution < 1.29 is 13.9 Å². The molecule has 0 radical (unpaired) electrons. The molecule has 3 aromatic rings. The zero-order valence-electron chi connectivity index (χ0n) is 13.5. The van der Waals surface area contributed by atoms with Crippen LogP contribution < -0.4 is 9.47 Å². The van der Waals surface area contributed by atoms with Crippen LogP contribution in [0.2, 0.25) is 5.02 Å².